The standard InChI is InChI=1S/C29H28N2O9.C21H21IN2O7.C12H4.C8H9BO4.2CH4.B12/c1-31(2)23-17-10-13-9-16-14(15-8-12(11-32)4-7-19(15)40-3)5-6-18(33)21(16)24(34)20(13)26(36)29(17,39)27(37)22(25(23)35)28(30)38;1-24(2)15-9-6-7-5-8-10(22)3-4-11(25)13(8)16(26)12(7)18(28)21(9,31)19(29)14(17(15)27)20(23)30;1-3-5-7-9-11-12-10-8-6-4-2;1-13-8-3-2-6(5-10)4-7(8)9(11)12;;;1-8(2)11(7)12(9(3)4)10(5)6/h4-8,11,13,17,23,33-34,37,39H,9-10H2,1-3H3,(H2,30,38);3-4,7,9,15,25-26,29,31H,5-6H2,1-2H3,(H2,23,30);1-2H2;2-5,11-12H,1H3;2*1H4;/t13-,17-,23-,29-;7-,9-,15-,21-;;;;;/m00...../s1. The van der Waals surface area contributed by atoms with Crippen LogP contribution in [0.4, 0.5) is 0 Å². The van der Waals surface area contributed by atoms with Crippen molar-refractivity contribution in [2.75, 3.05) is 42.4 Å². The van der Waals surface area contributed by atoms with Gasteiger partial charge in [0.15, 0.2) is 22.8 Å². The van der Waals surface area contributed by atoms with Crippen molar-refractivity contribution in [1.82, 2.24) is 9.80 Å². The van der Waals surface area contributed by atoms with Crippen molar-refractivity contribution in [1.29, 1.82) is 0 Å². The number of benzene rings is 4. The lowest BCUT2D eigenvalue weighted by molar-refractivity contribution is -0.155. The minimum atomic E-state index is -2.71. The van der Waals surface area contributed by atoms with E-state index in [0.29, 0.717) is 63.9 Å². The summed E-state index contributed by atoms with van der Waals surface area (Å²) in [6.07, 6.45) is -1.48. The molecule has 2 amide bonds. The number of primary amides is 2. The number of hydrogen-bond acceptors (Lipinski definition) is 22. The van der Waals surface area contributed by atoms with Gasteiger partial charge in [0, 0.05) is 135 Å². The predicted molar refractivity (Wildman–Crippen MR) is 436 cm³/mol. The summed E-state index contributed by atoms with van der Waals surface area (Å²) < 4.78 is 11.1. The number of likely N-dealkylation sites (N-methyl/N-ethyl adjacent to an activating group) is 2. The van der Waals surface area contributed by atoms with Crippen LogP contribution in [0.1, 0.15) is 70.7 Å². The molecule has 544 valence electrons. The van der Waals surface area contributed by atoms with E-state index in [2.05, 4.69) is 93.1 Å². The molecule has 0 saturated heterocycles. The molecule has 0 aromatic heterocycles. The highest BCUT2D eigenvalue weighted by atomic mass is 127. The summed E-state index contributed by atoms with van der Waals surface area (Å²) in [7, 11) is 45.3. The number of methoxy groups -OCH3 is 2. The molecule has 14 radical (unpaired) electrons. The summed E-state index contributed by atoms with van der Waals surface area (Å²) in [5.74, 6) is -12.8. The third-order valence-electron chi connectivity index (χ3n) is 18.9. The Bertz CT molecular complexity index is 4850. The molecule has 0 bridgehead atoms. The van der Waals surface area contributed by atoms with Crippen molar-refractivity contribution in [3.8, 4) is 34.1 Å². The summed E-state index contributed by atoms with van der Waals surface area (Å²) >= 11 is 2.07. The van der Waals surface area contributed by atoms with Crippen molar-refractivity contribution in [2.45, 2.75) is 63.8 Å². The van der Waals surface area contributed by atoms with E-state index >= 15 is 0 Å². The van der Waals surface area contributed by atoms with Crippen LogP contribution in [-0.4, -0.2) is 267 Å². The van der Waals surface area contributed by atoms with E-state index in [4.69, 9.17) is 85.1 Å². The van der Waals surface area contributed by atoms with E-state index in [1.165, 1.54) is 68.4 Å². The van der Waals surface area contributed by atoms with E-state index in [9.17, 15) is 79.2 Å². The molecular formula is C72H70B13IN4O20. The zero-order valence-corrected chi connectivity index (χ0v) is 61.3. The van der Waals surface area contributed by atoms with Crippen molar-refractivity contribution in [3.05, 3.63) is 202 Å². The minimum absolute atomic E-state index is 0. The lowest BCUT2D eigenvalue weighted by atomic mass is 8.53. The number of phenolic OH excluding ortho intramolecular Hbond substituents is 2. The normalized spacial score (nSPS) is 20.4. The number of fused-ring (bicyclic) bond motifs is 6. The van der Waals surface area contributed by atoms with Gasteiger partial charge in [0.05, 0.1) is 37.4 Å². The number of hydrogen-bond donors (Lipinski definition) is 12. The average molecular weight is 1580 g/mol. The molecule has 2 fully saturated rings. The van der Waals surface area contributed by atoms with E-state index in [-0.39, 0.29) is 73.4 Å². The van der Waals surface area contributed by atoms with Gasteiger partial charge in [-0.15, -0.1) is 0 Å². The Morgan fingerprint density at radius 2 is 0.955 bits per heavy atom. The zero-order chi connectivity index (χ0) is 81.0. The Morgan fingerprint density at radius 3 is 1.31 bits per heavy atom. The highest BCUT2D eigenvalue weighted by molar-refractivity contribution is 14.1. The highest BCUT2D eigenvalue weighted by Crippen LogP contribution is 2.56. The third-order valence-corrected chi connectivity index (χ3v) is 19.9. The van der Waals surface area contributed by atoms with Gasteiger partial charge in [0.1, 0.15) is 69.8 Å². The van der Waals surface area contributed by atoms with Crippen molar-refractivity contribution < 1.29 is 98.7 Å². The van der Waals surface area contributed by atoms with Gasteiger partial charge in [0.25, 0.3) is 11.8 Å². The second-order valence-corrected chi connectivity index (χ2v) is 26.8. The molecule has 6 aliphatic rings. The molecule has 0 spiro atoms. The number of aliphatic hydroxyl groups excluding tert-OH is 4. The molecule has 14 N–H and O–H groups in total. The number of Topliss-reactive ketones (excluding diaryl/α,β-unsaturated/α-hetero) is 4. The molecule has 0 heterocycles. The number of phenols is 2. The van der Waals surface area contributed by atoms with E-state index in [0.717, 1.165) is 3.57 Å². The van der Waals surface area contributed by atoms with Crippen LogP contribution in [-0.2, 0) is 41.6 Å². The van der Waals surface area contributed by atoms with Crippen LogP contribution in [0.25, 0.3) is 22.6 Å². The number of nitrogens with two attached hydrogens (primary N) is 2. The van der Waals surface area contributed by atoms with Crippen molar-refractivity contribution in [2.24, 2.45) is 35.1 Å². The van der Waals surface area contributed by atoms with Gasteiger partial charge < -0.3 is 71.8 Å². The molecule has 0 unspecified atom stereocenters. The Balaban J connectivity index is 0.000000320. The number of ketones is 4. The number of nitrogens with zero attached hydrogens (tertiary/aromatic N) is 2. The van der Waals surface area contributed by atoms with Crippen LogP contribution in [0, 0.1) is 27.2 Å². The van der Waals surface area contributed by atoms with Gasteiger partial charge in [-0.3, -0.25) is 48.2 Å². The van der Waals surface area contributed by atoms with Gasteiger partial charge >= 0.3 is 7.12 Å². The van der Waals surface area contributed by atoms with Crippen molar-refractivity contribution >= 4 is 180 Å². The Morgan fingerprint density at radius 1 is 0.573 bits per heavy atom. The largest absolute Gasteiger partial charge is 0.508 e. The summed E-state index contributed by atoms with van der Waals surface area (Å²) in [4.78, 5) is 103. The first-order valence-electron chi connectivity index (χ1n) is 32.4. The predicted octanol–water partition coefficient (Wildman–Crippen LogP) is 0.264. The third kappa shape index (κ3) is 18.6. The molecule has 24 nitrogen and oxygen atoms in total. The quantitative estimate of drug-likeness (QED) is 0.0265. The highest BCUT2D eigenvalue weighted by Gasteiger charge is 2.66. The number of ether oxygens (including phenoxy) is 2. The SMILES string of the molecule is C.C.C=C=C=C=C=C=C=C=C=C=C=C.CN(C)[C@@H]1C(=O)C(C(N)=O)=C(O)[C@@]2(O)C(=O)C3=C(O)c4c(O)ccc(I)c4C[C@H]3C[C@@H]12.COc1ccc(C=O)cc1-c1ccc(O)c2c1C[C@H]1C[C@H]3[C@H](N(C)C)C(=O)C(C(N)=O)=C(O)[C@@]3(O)C(=O)C1=C2O.COc1ccc(C=O)cc1B(O)O.[B]B([B])B([B])B(B([B])[B])B([B])[B]. The van der Waals surface area contributed by atoms with Gasteiger partial charge in [-0.25, -0.2) is 0 Å². The molecule has 38 heteroatoms. The lowest BCUT2D eigenvalue weighted by Crippen LogP contribution is -2.67. The number of amides is 2. The molecule has 2 saturated carbocycles. The van der Waals surface area contributed by atoms with Gasteiger partial charge in [-0.05, 0) is 219 Å². The molecule has 0 aliphatic heterocycles. The Kier molecular flexibility index (Phi) is 32.9. The number of aliphatic hydroxyl groups is 6. The fourth-order valence-corrected chi connectivity index (χ4v) is 14.7. The first-order chi connectivity index (χ1) is 50.8. The second-order valence-electron chi connectivity index (χ2n) is 25.6. The second kappa shape index (κ2) is 39.1. The number of carbonyl (C=O) groups excluding carboxylic acids is 8. The minimum Gasteiger partial charge on any atom is -0.508 e. The Labute approximate surface area is 662 Å². The summed E-state index contributed by atoms with van der Waals surface area (Å²) in [6, 6.07) is 13.0. The average Bonchev–Trinajstić information content (AvgIpc) is 0.704. The van der Waals surface area contributed by atoms with Crippen LogP contribution < -0.4 is 26.4 Å². The molecular weight excluding hydrogens is 1510 g/mol. The first kappa shape index (κ1) is 92.5. The van der Waals surface area contributed by atoms with Crippen LogP contribution in [0.2, 0.25) is 0 Å². The van der Waals surface area contributed by atoms with Crippen LogP contribution in [0.15, 0.2) is 165 Å². The number of halogens is 1. The van der Waals surface area contributed by atoms with Crippen LogP contribution >= 0.6 is 22.6 Å². The fraction of sp³-hybridized carbons (Fsp3) is 0.278. The zero-order valence-electron chi connectivity index (χ0n) is 59.1. The summed E-state index contributed by atoms with van der Waals surface area (Å²) in [5, 5.41) is 106. The fourth-order valence-electron chi connectivity index (χ4n) is 14.0. The van der Waals surface area contributed by atoms with E-state index in [1.807, 2.05) is 0 Å². The molecule has 10 rings (SSSR count). The number of rotatable bonds is 14. The maximum Gasteiger partial charge on any atom is 0.492 e. The lowest BCUT2D eigenvalue weighted by Gasteiger charge is -2.50. The topological polar surface area (TPSA) is 416 Å². The molecule has 8 atom stereocenters. The monoisotopic (exact) mass is 1580 g/mol. The smallest absolute Gasteiger partial charge is 0.492 e. The van der Waals surface area contributed by atoms with Crippen LogP contribution in [0.3, 0.4) is 0 Å². The van der Waals surface area contributed by atoms with Gasteiger partial charge in [0.2, 0.25) is 11.6 Å². The summed E-state index contributed by atoms with van der Waals surface area (Å²) in [5.41, 5.74) is 30.8. The van der Waals surface area contributed by atoms with E-state index < -0.39 is 155 Å². The maximum absolute atomic E-state index is 14.0. The Hall–Kier alpha value is -9.93. The summed E-state index contributed by atoms with van der Waals surface area (Å²) in [6.45, 7) is 6.56. The molecule has 4 aromatic rings. The van der Waals surface area contributed by atoms with Crippen LogP contribution in [0.5, 0.6) is 23.0 Å². The molecule has 4 aromatic carbocycles. The molecule has 110 heavy (non-hydrogen) atoms. The maximum atomic E-state index is 14.0. The van der Waals surface area contributed by atoms with Gasteiger partial charge in [-0.1, -0.05) is 32.4 Å². The first-order valence-corrected chi connectivity index (χ1v) is 33.5. The molecule has 6 aliphatic carbocycles. The number of aldehydes is 2. The number of aromatic hydroxyl groups is 2. The van der Waals surface area contributed by atoms with Gasteiger partial charge in [-0.2, -0.15) is 0 Å². The van der Waals surface area contributed by atoms with E-state index in [1.54, 1.807) is 44.4 Å². The van der Waals surface area contributed by atoms with Crippen molar-refractivity contribution in [3.63, 3.8) is 0 Å². The number of carbonyl (C=O) groups is 8.